The summed E-state index contributed by atoms with van der Waals surface area (Å²) in [7, 11) is 0. The number of amides is 1. The summed E-state index contributed by atoms with van der Waals surface area (Å²) in [5.74, 6) is -0.397. The summed E-state index contributed by atoms with van der Waals surface area (Å²) in [5.41, 5.74) is 1.61. The second-order valence-electron chi connectivity index (χ2n) is 5.14. The minimum Gasteiger partial charge on any atom is -0.328 e. The molecule has 0 aliphatic heterocycles. The monoisotopic (exact) mass is 318 g/mol. The van der Waals surface area contributed by atoms with Crippen LogP contribution in [0.5, 0.6) is 0 Å². The van der Waals surface area contributed by atoms with Crippen LogP contribution < -0.4 is 11.1 Å². The van der Waals surface area contributed by atoms with Crippen molar-refractivity contribution in [3.05, 3.63) is 24.3 Å². The second kappa shape index (κ2) is 6.70. The molecule has 3 nitrogen and oxygen atoms in total. The molecular formula is C14H17F3N2OS. The number of rotatable bonds is 3. The van der Waals surface area contributed by atoms with Gasteiger partial charge in [-0.1, -0.05) is 12.1 Å². The van der Waals surface area contributed by atoms with Crippen LogP contribution >= 0.6 is 11.8 Å². The van der Waals surface area contributed by atoms with Crippen LogP contribution in [0, 0.1) is 5.92 Å². The fourth-order valence-electron chi connectivity index (χ4n) is 2.40. The maximum Gasteiger partial charge on any atom is 0.446 e. The Labute approximate surface area is 125 Å². The number of carbonyl (C=O) groups is 1. The highest BCUT2D eigenvalue weighted by molar-refractivity contribution is 8.00. The minimum atomic E-state index is -4.38. The summed E-state index contributed by atoms with van der Waals surface area (Å²) < 4.78 is 37.5. The lowest BCUT2D eigenvalue weighted by atomic mass is 9.86. The quantitative estimate of drug-likeness (QED) is 0.835. The van der Waals surface area contributed by atoms with Crippen molar-refractivity contribution < 1.29 is 18.0 Å². The molecule has 0 radical (unpaired) electrons. The van der Waals surface area contributed by atoms with Crippen molar-refractivity contribution in [3.8, 4) is 0 Å². The Morgan fingerprint density at radius 3 is 2.43 bits per heavy atom. The van der Waals surface area contributed by atoms with E-state index in [-0.39, 0.29) is 40.2 Å². The van der Waals surface area contributed by atoms with Crippen LogP contribution in [0.3, 0.4) is 0 Å². The number of hydrogen-bond acceptors (Lipinski definition) is 3. The van der Waals surface area contributed by atoms with Gasteiger partial charge >= 0.3 is 5.51 Å². The molecule has 1 aromatic carbocycles. The lowest BCUT2D eigenvalue weighted by Gasteiger charge is -2.25. The van der Waals surface area contributed by atoms with E-state index in [0.717, 1.165) is 12.8 Å². The molecule has 2 rings (SSSR count). The topological polar surface area (TPSA) is 55.1 Å². The summed E-state index contributed by atoms with van der Waals surface area (Å²) in [6, 6.07) is 6.09. The zero-order valence-electron chi connectivity index (χ0n) is 11.3. The number of para-hydroxylation sites is 1. The van der Waals surface area contributed by atoms with Crippen LogP contribution in [0.2, 0.25) is 0 Å². The van der Waals surface area contributed by atoms with Gasteiger partial charge in [-0.2, -0.15) is 13.2 Å². The van der Waals surface area contributed by atoms with Crippen molar-refractivity contribution in [2.24, 2.45) is 11.7 Å². The molecule has 0 atom stereocenters. The highest BCUT2D eigenvalue weighted by Gasteiger charge is 2.31. The van der Waals surface area contributed by atoms with Crippen LogP contribution in [0.15, 0.2) is 29.2 Å². The van der Waals surface area contributed by atoms with Crippen LogP contribution in [-0.4, -0.2) is 17.5 Å². The average Bonchev–Trinajstić information content (AvgIpc) is 2.40. The fourth-order valence-corrected chi connectivity index (χ4v) is 3.02. The first kappa shape index (κ1) is 16.2. The van der Waals surface area contributed by atoms with Crippen molar-refractivity contribution in [2.45, 2.75) is 42.1 Å². The summed E-state index contributed by atoms with van der Waals surface area (Å²) >= 11 is -0.218. The zero-order valence-corrected chi connectivity index (χ0v) is 12.1. The largest absolute Gasteiger partial charge is 0.446 e. The van der Waals surface area contributed by atoms with Crippen LogP contribution in [0.25, 0.3) is 0 Å². The number of nitrogens with one attached hydrogen (secondary N) is 1. The van der Waals surface area contributed by atoms with Crippen molar-refractivity contribution in [3.63, 3.8) is 0 Å². The van der Waals surface area contributed by atoms with Gasteiger partial charge in [0.2, 0.25) is 5.91 Å². The van der Waals surface area contributed by atoms with Gasteiger partial charge in [0.05, 0.1) is 5.69 Å². The van der Waals surface area contributed by atoms with E-state index in [1.807, 2.05) is 0 Å². The Kier molecular flexibility index (Phi) is 5.16. The fraction of sp³-hybridized carbons (Fsp3) is 0.500. The van der Waals surface area contributed by atoms with Gasteiger partial charge in [0.25, 0.3) is 0 Å². The van der Waals surface area contributed by atoms with Crippen molar-refractivity contribution >= 4 is 23.4 Å². The molecule has 1 aliphatic rings. The Morgan fingerprint density at radius 2 is 1.81 bits per heavy atom. The summed E-state index contributed by atoms with van der Waals surface area (Å²) in [6.07, 6.45) is 2.91. The van der Waals surface area contributed by atoms with E-state index in [4.69, 9.17) is 5.73 Å². The number of nitrogens with two attached hydrogens (primary N) is 1. The Morgan fingerprint density at radius 1 is 1.19 bits per heavy atom. The van der Waals surface area contributed by atoms with E-state index in [0.29, 0.717) is 12.8 Å². The van der Waals surface area contributed by atoms with E-state index < -0.39 is 5.51 Å². The highest BCUT2D eigenvalue weighted by Crippen LogP contribution is 2.40. The third-order valence-electron chi connectivity index (χ3n) is 3.51. The van der Waals surface area contributed by atoms with Gasteiger partial charge in [-0.3, -0.25) is 4.79 Å². The molecule has 0 bridgehead atoms. The molecule has 0 heterocycles. The number of benzene rings is 1. The predicted octanol–water partition coefficient (Wildman–Crippen LogP) is 3.75. The van der Waals surface area contributed by atoms with Gasteiger partial charge in [-0.15, -0.1) is 0 Å². The molecule has 1 aliphatic carbocycles. The third-order valence-corrected chi connectivity index (χ3v) is 4.32. The van der Waals surface area contributed by atoms with Gasteiger partial charge in [-0.25, -0.2) is 0 Å². The van der Waals surface area contributed by atoms with E-state index in [1.165, 1.54) is 18.2 Å². The molecular weight excluding hydrogens is 301 g/mol. The van der Waals surface area contributed by atoms with Crippen molar-refractivity contribution in [1.82, 2.24) is 0 Å². The molecule has 21 heavy (non-hydrogen) atoms. The van der Waals surface area contributed by atoms with Gasteiger partial charge < -0.3 is 11.1 Å². The van der Waals surface area contributed by atoms with E-state index >= 15 is 0 Å². The molecule has 0 spiro atoms. The molecule has 1 aromatic rings. The van der Waals surface area contributed by atoms with Crippen molar-refractivity contribution in [2.75, 3.05) is 5.32 Å². The van der Waals surface area contributed by atoms with Crippen LogP contribution in [-0.2, 0) is 4.79 Å². The maximum atomic E-state index is 12.5. The number of hydrogen-bond donors (Lipinski definition) is 2. The molecule has 0 unspecified atom stereocenters. The second-order valence-corrected chi connectivity index (χ2v) is 6.25. The first-order valence-corrected chi connectivity index (χ1v) is 7.58. The summed E-state index contributed by atoms with van der Waals surface area (Å²) in [4.78, 5) is 12.2. The van der Waals surface area contributed by atoms with Gasteiger partial charge in [-0.05, 0) is 49.6 Å². The standard InChI is InChI=1S/C14H17F3N2OS/c15-14(16,17)21-12-4-2-1-3-11(12)19-13(20)9-5-7-10(18)8-6-9/h1-4,9-10H,5-8,18H2,(H,19,20). The number of thioether (sulfide) groups is 1. The van der Waals surface area contributed by atoms with Gasteiger partial charge in [0.1, 0.15) is 0 Å². The molecule has 1 amide bonds. The number of anilines is 1. The zero-order chi connectivity index (χ0) is 15.5. The SMILES string of the molecule is NC1CCC(C(=O)Nc2ccccc2SC(F)(F)F)CC1. The molecule has 1 fully saturated rings. The van der Waals surface area contributed by atoms with Gasteiger partial charge in [0.15, 0.2) is 0 Å². The predicted molar refractivity (Wildman–Crippen MR) is 76.9 cm³/mol. The number of carbonyl (C=O) groups excluding carboxylic acids is 1. The Hall–Kier alpha value is -1.21. The first-order valence-electron chi connectivity index (χ1n) is 6.76. The van der Waals surface area contributed by atoms with E-state index in [1.54, 1.807) is 6.07 Å². The highest BCUT2D eigenvalue weighted by atomic mass is 32.2. The average molecular weight is 318 g/mol. The van der Waals surface area contributed by atoms with Crippen LogP contribution in [0.4, 0.5) is 18.9 Å². The smallest absolute Gasteiger partial charge is 0.328 e. The third kappa shape index (κ3) is 4.93. The summed E-state index contributed by atoms with van der Waals surface area (Å²) in [5, 5.41) is 2.62. The lowest BCUT2D eigenvalue weighted by molar-refractivity contribution is -0.120. The Bertz CT molecular complexity index is 499. The molecule has 116 valence electrons. The number of alkyl halides is 3. The molecule has 0 saturated heterocycles. The maximum absolute atomic E-state index is 12.5. The molecule has 7 heteroatoms. The van der Waals surface area contributed by atoms with E-state index in [2.05, 4.69) is 5.32 Å². The summed E-state index contributed by atoms with van der Waals surface area (Å²) in [6.45, 7) is 0. The van der Waals surface area contributed by atoms with Crippen LogP contribution in [0.1, 0.15) is 25.7 Å². The normalized spacial score (nSPS) is 22.9. The van der Waals surface area contributed by atoms with E-state index in [9.17, 15) is 18.0 Å². The molecule has 0 aromatic heterocycles. The molecule has 3 N–H and O–H groups in total. The first-order chi connectivity index (χ1) is 9.85. The molecule has 1 saturated carbocycles. The Balaban J connectivity index is 2.04. The minimum absolute atomic E-state index is 0.00543. The van der Waals surface area contributed by atoms with Crippen molar-refractivity contribution in [1.29, 1.82) is 0 Å². The lowest BCUT2D eigenvalue weighted by Crippen LogP contribution is -2.32. The van der Waals surface area contributed by atoms with Gasteiger partial charge in [0, 0.05) is 16.9 Å². The number of halogens is 3.